The first kappa shape index (κ1) is 15.1. The highest BCUT2D eigenvalue weighted by Gasteiger charge is 2.05. The second kappa shape index (κ2) is 6.99. The van der Waals surface area contributed by atoms with E-state index in [9.17, 15) is 0 Å². The van der Waals surface area contributed by atoms with Crippen LogP contribution in [0.2, 0.25) is 0 Å². The molecule has 1 aromatic carbocycles. The summed E-state index contributed by atoms with van der Waals surface area (Å²) in [5, 5.41) is 21.9. The first-order valence-corrected chi connectivity index (χ1v) is 7.18. The average Bonchev–Trinajstić information content (AvgIpc) is 3.15. The number of nitriles is 2. The molecule has 0 aliphatic heterocycles. The second-order valence-corrected chi connectivity index (χ2v) is 5.04. The summed E-state index contributed by atoms with van der Waals surface area (Å²) in [6.07, 6.45) is 6.60. The average molecular weight is 312 g/mol. The van der Waals surface area contributed by atoms with Crippen molar-refractivity contribution in [2.75, 3.05) is 0 Å². The zero-order chi connectivity index (χ0) is 16.8. The number of hydrogen-bond acceptors (Lipinski definition) is 5. The molecule has 0 spiro atoms. The lowest BCUT2D eigenvalue weighted by Gasteiger charge is -2.08. The Labute approximate surface area is 139 Å². The Morgan fingerprint density at radius 1 is 1.04 bits per heavy atom. The molecule has 3 rings (SSSR count). The standard InChI is InChI=1S/C18H12N6/c19-8-14-1-4-16(5-2-14)17(11-24-13-21-12-23-24)7-18-6-3-15(9-20)10-22-18/h1-7,10,12-13H,11H2/b17-7+. The van der Waals surface area contributed by atoms with Crippen LogP contribution in [0, 0.1) is 22.7 Å². The molecule has 0 aliphatic carbocycles. The van der Waals surface area contributed by atoms with Crippen molar-refractivity contribution in [1.29, 1.82) is 10.5 Å². The Morgan fingerprint density at radius 3 is 2.38 bits per heavy atom. The van der Waals surface area contributed by atoms with E-state index in [1.807, 2.05) is 18.2 Å². The molecule has 0 fully saturated rings. The smallest absolute Gasteiger partial charge is 0.137 e. The zero-order valence-electron chi connectivity index (χ0n) is 12.7. The third-order valence-electron chi connectivity index (χ3n) is 3.42. The van der Waals surface area contributed by atoms with E-state index in [2.05, 4.69) is 27.2 Å². The van der Waals surface area contributed by atoms with Gasteiger partial charge in [0.2, 0.25) is 0 Å². The van der Waals surface area contributed by atoms with Gasteiger partial charge in [0, 0.05) is 6.20 Å². The highest BCUT2D eigenvalue weighted by molar-refractivity contribution is 5.80. The fourth-order valence-electron chi connectivity index (χ4n) is 2.20. The summed E-state index contributed by atoms with van der Waals surface area (Å²) in [4.78, 5) is 8.24. The molecule has 6 heteroatoms. The predicted octanol–water partition coefficient (Wildman–Crippen LogP) is 2.66. The van der Waals surface area contributed by atoms with Gasteiger partial charge >= 0.3 is 0 Å². The third kappa shape index (κ3) is 3.52. The maximum absolute atomic E-state index is 8.94. The molecule has 0 N–H and O–H groups in total. The molecular weight excluding hydrogens is 300 g/mol. The lowest BCUT2D eigenvalue weighted by atomic mass is 10.0. The molecule has 0 amide bonds. The minimum atomic E-state index is 0.517. The molecule has 0 bridgehead atoms. The van der Waals surface area contributed by atoms with Crippen LogP contribution in [0.15, 0.2) is 55.2 Å². The topological polar surface area (TPSA) is 91.2 Å². The highest BCUT2D eigenvalue weighted by Crippen LogP contribution is 2.20. The lowest BCUT2D eigenvalue weighted by molar-refractivity contribution is 0.711. The van der Waals surface area contributed by atoms with Crippen molar-refractivity contribution in [2.24, 2.45) is 0 Å². The van der Waals surface area contributed by atoms with Gasteiger partial charge in [0.15, 0.2) is 0 Å². The number of pyridine rings is 1. The van der Waals surface area contributed by atoms with E-state index >= 15 is 0 Å². The van der Waals surface area contributed by atoms with E-state index in [1.54, 1.807) is 35.3 Å². The van der Waals surface area contributed by atoms with E-state index < -0.39 is 0 Å². The van der Waals surface area contributed by atoms with Gasteiger partial charge in [-0.2, -0.15) is 15.6 Å². The number of rotatable bonds is 4. The molecule has 0 saturated heterocycles. The fourth-order valence-corrected chi connectivity index (χ4v) is 2.20. The maximum Gasteiger partial charge on any atom is 0.137 e. The molecular formula is C18H12N6. The number of benzene rings is 1. The summed E-state index contributed by atoms with van der Waals surface area (Å²) >= 11 is 0. The van der Waals surface area contributed by atoms with Crippen molar-refractivity contribution in [3.63, 3.8) is 0 Å². The van der Waals surface area contributed by atoms with Gasteiger partial charge in [-0.1, -0.05) is 12.1 Å². The quantitative estimate of drug-likeness (QED) is 0.738. The van der Waals surface area contributed by atoms with E-state index in [0.29, 0.717) is 17.7 Å². The molecule has 24 heavy (non-hydrogen) atoms. The van der Waals surface area contributed by atoms with Gasteiger partial charge in [0.1, 0.15) is 18.7 Å². The molecule has 0 aliphatic rings. The molecule has 0 atom stereocenters. The number of nitrogens with zero attached hydrogens (tertiary/aromatic N) is 6. The highest BCUT2D eigenvalue weighted by atomic mass is 15.3. The van der Waals surface area contributed by atoms with Gasteiger partial charge in [-0.05, 0) is 41.5 Å². The normalized spacial score (nSPS) is 10.8. The lowest BCUT2D eigenvalue weighted by Crippen LogP contribution is -2.01. The van der Waals surface area contributed by atoms with E-state index in [4.69, 9.17) is 10.5 Å². The SMILES string of the molecule is N#Cc1ccc(/C(=C/c2ccc(C#N)cn2)Cn2cncn2)cc1. The first-order chi connectivity index (χ1) is 11.8. The number of hydrogen-bond donors (Lipinski definition) is 0. The van der Waals surface area contributed by atoms with Crippen LogP contribution in [0.1, 0.15) is 22.4 Å². The molecule has 3 aromatic rings. The van der Waals surface area contributed by atoms with Gasteiger partial charge < -0.3 is 0 Å². The van der Waals surface area contributed by atoms with Crippen molar-refractivity contribution in [3.8, 4) is 12.1 Å². The third-order valence-corrected chi connectivity index (χ3v) is 3.42. The van der Waals surface area contributed by atoms with Crippen LogP contribution in [-0.2, 0) is 6.54 Å². The van der Waals surface area contributed by atoms with Crippen molar-refractivity contribution in [3.05, 3.63) is 77.6 Å². The molecule has 2 heterocycles. The van der Waals surface area contributed by atoms with Crippen molar-refractivity contribution >= 4 is 11.6 Å². The zero-order valence-corrected chi connectivity index (χ0v) is 12.7. The number of allylic oxidation sites excluding steroid dienone is 1. The van der Waals surface area contributed by atoms with E-state index in [-0.39, 0.29) is 0 Å². The van der Waals surface area contributed by atoms with Crippen LogP contribution >= 0.6 is 0 Å². The minimum Gasteiger partial charge on any atom is -0.256 e. The van der Waals surface area contributed by atoms with Gasteiger partial charge in [-0.15, -0.1) is 0 Å². The first-order valence-electron chi connectivity index (χ1n) is 7.18. The summed E-state index contributed by atoms with van der Waals surface area (Å²) in [6.45, 7) is 0.521. The van der Waals surface area contributed by atoms with Gasteiger partial charge in [0.05, 0.1) is 29.4 Å². The summed E-state index contributed by atoms with van der Waals surface area (Å²) in [5.41, 5.74) is 3.81. The van der Waals surface area contributed by atoms with Crippen LogP contribution in [0.3, 0.4) is 0 Å². The maximum atomic E-state index is 8.94. The monoisotopic (exact) mass is 312 g/mol. The van der Waals surface area contributed by atoms with Gasteiger partial charge in [-0.25, -0.2) is 9.67 Å². The van der Waals surface area contributed by atoms with Gasteiger partial charge in [-0.3, -0.25) is 4.98 Å². The van der Waals surface area contributed by atoms with Crippen LogP contribution in [0.25, 0.3) is 11.6 Å². The Kier molecular flexibility index (Phi) is 4.41. The second-order valence-electron chi connectivity index (χ2n) is 5.04. The Bertz CT molecular complexity index is 923. The fraction of sp³-hybridized carbons (Fsp3) is 0.0556. The van der Waals surface area contributed by atoms with E-state index in [1.165, 1.54) is 12.5 Å². The Morgan fingerprint density at radius 2 is 1.79 bits per heavy atom. The molecule has 114 valence electrons. The Hall–Kier alpha value is -3.77. The van der Waals surface area contributed by atoms with Crippen LogP contribution < -0.4 is 0 Å². The van der Waals surface area contributed by atoms with Gasteiger partial charge in [0.25, 0.3) is 0 Å². The molecule has 2 aromatic heterocycles. The molecule has 6 nitrogen and oxygen atoms in total. The van der Waals surface area contributed by atoms with Crippen molar-refractivity contribution in [2.45, 2.75) is 6.54 Å². The molecule has 0 saturated carbocycles. The summed E-state index contributed by atoms with van der Waals surface area (Å²) in [7, 11) is 0. The van der Waals surface area contributed by atoms with E-state index in [0.717, 1.165) is 16.8 Å². The largest absolute Gasteiger partial charge is 0.256 e. The van der Waals surface area contributed by atoms with Crippen molar-refractivity contribution < 1.29 is 0 Å². The molecule has 0 radical (unpaired) electrons. The summed E-state index contributed by atoms with van der Waals surface area (Å²) in [5.74, 6) is 0. The number of aromatic nitrogens is 4. The minimum absolute atomic E-state index is 0.517. The summed E-state index contributed by atoms with van der Waals surface area (Å²) < 4.78 is 1.72. The van der Waals surface area contributed by atoms with Crippen molar-refractivity contribution in [1.82, 2.24) is 19.7 Å². The predicted molar refractivity (Wildman–Crippen MR) is 88.0 cm³/mol. The summed E-state index contributed by atoms with van der Waals surface area (Å²) in [6, 6.07) is 15.0. The van der Waals surface area contributed by atoms with Crippen LogP contribution in [0.5, 0.6) is 0 Å². The Balaban J connectivity index is 1.98. The molecule has 0 unspecified atom stereocenters. The van der Waals surface area contributed by atoms with Crippen LogP contribution in [-0.4, -0.2) is 19.7 Å². The van der Waals surface area contributed by atoms with Crippen LogP contribution in [0.4, 0.5) is 0 Å².